The number of carbonyl (C=O) groups is 2. The van der Waals surface area contributed by atoms with Gasteiger partial charge in [0, 0.05) is 18.0 Å². The standard InChI is InChI=1S/C13H11ClN2O3S/c1-19-12(18)7-4-11(17)16(6-7)13-15-9-3-2-8(14)5-10(9)20-13/h2-3,5,7H,4,6H2,1H3. The molecule has 104 valence electrons. The summed E-state index contributed by atoms with van der Waals surface area (Å²) in [5.74, 6) is -0.876. The van der Waals surface area contributed by atoms with Crippen molar-refractivity contribution in [1.82, 2.24) is 4.98 Å². The molecule has 0 spiro atoms. The topological polar surface area (TPSA) is 59.5 Å². The zero-order valence-corrected chi connectivity index (χ0v) is 12.2. The van der Waals surface area contributed by atoms with Gasteiger partial charge in [0.1, 0.15) is 0 Å². The third-order valence-electron chi connectivity index (χ3n) is 3.23. The number of rotatable bonds is 2. The lowest BCUT2D eigenvalue weighted by Crippen LogP contribution is -2.25. The van der Waals surface area contributed by atoms with E-state index in [0.717, 1.165) is 10.2 Å². The van der Waals surface area contributed by atoms with Gasteiger partial charge in [-0.25, -0.2) is 4.98 Å². The Morgan fingerprint density at radius 1 is 1.55 bits per heavy atom. The lowest BCUT2D eigenvalue weighted by atomic mass is 10.1. The Morgan fingerprint density at radius 3 is 3.10 bits per heavy atom. The van der Waals surface area contributed by atoms with Gasteiger partial charge in [0.05, 0.1) is 23.2 Å². The van der Waals surface area contributed by atoms with Gasteiger partial charge >= 0.3 is 5.97 Å². The van der Waals surface area contributed by atoms with Crippen molar-refractivity contribution in [3.8, 4) is 0 Å². The fraction of sp³-hybridized carbons (Fsp3) is 0.308. The number of carbonyl (C=O) groups excluding carboxylic acids is 2. The smallest absolute Gasteiger partial charge is 0.311 e. The molecule has 5 nitrogen and oxygen atoms in total. The predicted molar refractivity (Wildman–Crippen MR) is 77.1 cm³/mol. The van der Waals surface area contributed by atoms with Crippen LogP contribution in [0.25, 0.3) is 10.2 Å². The highest BCUT2D eigenvalue weighted by Crippen LogP contribution is 2.34. The fourth-order valence-electron chi connectivity index (χ4n) is 2.22. The van der Waals surface area contributed by atoms with E-state index in [2.05, 4.69) is 9.72 Å². The Balaban J connectivity index is 1.91. The third kappa shape index (κ3) is 2.25. The summed E-state index contributed by atoms with van der Waals surface area (Å²) < 4.78 is 5.61. The minimum atomic E-state index is -0.414. The molecule has 1 aliphatic heterocycles. The van der Waals surface area contributed by atoms with E-state index >= 15 is 0 Å². The second-order valence-electron chi connectivity index (χ2n) is 4.54. The van der Waals surface area contributed by atoms with Crippen molar-refractivity contribution < 1.29 is 14.3 Å². The minimum absolute atomic E-state index is 0.106. The number of halogens is 1. The van der Waals surface area contributed by atoms with Crippen LogP contribution in [0.2, 0.25) is 5.02 Å². The maximum Gasteiger partial charge on any atom is 0.311 e. The Hall–Kier alpha value is -1.66. The van der Waals surface area contributed by atoms with Crippen LogP contribution in [0.3, 0.4) is 0 Å². The van der Waals surface area contributed by atoms with E-state index in [1.807, 2.05) is 12.1 Å². The number of methoxy groups -OCH3 is 1. The highest BCUT2D eigenvalue weighted by molar-refractivity contribution is 7.22. The number of hydrogen-bond donors (Lipinski definition) is 0. The van der Waals surface area contributed by atoms with Crippen LogP contribution in [-0.4, -0.2) is 30.5 Å². The molecule has 0 N–H and O–H groups in total. The highest BCUT2D eigenvalue weighted by Gasteiger charge is 2.37. The molecule has 0 aliphatic carbocycles. The van der Waals surface area contributed by atoms with Crippen molar-refractivity contribution in [1.29, 1.82) is 0 Å². The Bertz CT molecular complexity index is 700. The Morgan fingerprint density at radius 2 is 2.35 bits per heavy atom. The van der Waals surface area contributed by atoms with Gasteiger partial charge in [0.2, 0.25) is 5.91 Å². The second kappa shape index (κ2) is 5.03. The molecule has 1 atom stereocenters. The number of ether oxygens (including phenoxy) is 1. The summed E-state index contributed by atoms with van der Waals surface area (Å²) in [7, 11) is 1.33. The van der Waals surface area contributed by atoms with Gasteiger partial charge in [-0.05, 0) is 18.2 Å². The van der Waals surface area contributed by atoms with Crippen molar-refractivity contribution in [2.75, 3.05) is 18.6 Å². The lowest BCUT2D eigenvalue weighted by Gasteiger charge is -2.11. The molecule has 3 rings (SSSR count). The number of fused-ring (bicyclic) bond motifs is 1. The first kappa shape index (κ1) is 13.3. The SMILES string of the molecule is COC(=O)C1CC(=O)N(c2nc3ccc(Cl)cc3s2)C1. The minimum Gasteiger partial charge on any atom is -0.469 e. The molecule has 1 saturated heterocycles. The van der Waals surface area contributed by atoms with Crippen LogP contribution in [-0.2, 0) is 14.3 Å². The summed E-state index contributed by atoms with van der Waals surface area (Å²) >= 11 is 7.33. The van der Waals surface area contributed by atoms with Gasteiger partial charge in [-0.1, -0.05) is 22.9 Å². The van der Waals surface area contributed by atoms with Gasteiger partial charge in [-0.15, -0.1) is 0 Å². The van der Waals surface area contributed by atoms with Crippen LogP contribution in [0.5, 0.6) is 0 Å². The maximum absolute atomic E-state index is 12.0. The summed E-state index contributed by atoms with van der Waals surface area (Å²) in [6.07, 6.45) is 0.170. The number of amides is 1. The summed E-state index contributed by atoms with van der Waals surface area (Å²) in [5.41, 5.74) is 0.795. The average Bonchev–Trinajstić information content (AvgIpc) is 3.00. The quantitative estimate of drug-likeness (QED) is 0.800. The van der Waals surface area contributed by atoms with Crippen molar-refractivity contribution in [3.63, 3.8) is 0 Å². The molecule has 1 unspecified atom stereocenters. The van der Waals surface area contributed by atoms with Crippen LogP contribution in [0.1, 0.15) is 6.42 Å². The van der Waals surface area contributed by atoms with Gasteiger partial charge in [-0.2, -0.15) is 0 Å². The van der Waals surface area contributed by atoms with Crippen LogP contribution >= 0.6 is 22.9 Å². The largest absolute Gasteiger partial charge is 0.469 e. The molecule has 1 fully saturated rings. The monoisotopic (exact) mass is 310 g/mol. The molecule has 0 bridgehead atoms. The van der Waals surface area contributed by atoms with E-state index in [4.69, 9.17) is 11.6 Å². The lowest BCUT2D eigenvalue weighted by molar-refractivity contribution is -0.145. The van der Waals surface area contributed by atoms with Gasteiger partial charge in [-0.3, -0.25) is 14.5 Å². The zero-order chi connectivity index (χ0) is 14.3. The number of hydrogen-bond acceptors (Lipinski definition) is 5. The first-order valence-corrected chi connectivity index (χ1v) is 7.22. The molecule has 1 aliphatic rings. The third-order valence-corrected chi connectivity index (χ3v) is 4.51. The number of esters is 1. The van der Waals surface area contributed by atoms with E-state index in [0.29, 0.717) is 16.7 Å². The normalized spacial score (nSPS) is 18.8. The molecular formula is C13H11ClN2O3S. The van der Waals surface area contributed by atoms with Crippen molar-refractivity contribution in [2.24, 2.45) is 5.92 Å². The first-order chi connectivity index (χ1) is 9.58. The van der Waals surface area contributed by atoms with Crippen molar-refractivity contribution >= 4 is 50.2 Å². The number of aromatic nitrogens is 1. The summed E-state index contributed by atoms with van der Waals surface area (Å²) in [5, 5.41) is 1.23. The Labute approximate surface area is 124 Å². The van der Waals surface area contributed by atoms with Crippen LogP contribution in [0.4, 0.5) is 5.13 Å². The second-order valence-corrected chi connectivity index (χ2v) is 5.98. The fourth-order valence-corrected chi connectivity index (χ4v) is 3.49. The average molecular weight is 311 g/mol. The number of nitrogens with zero attached hydrogens (tertiary/aromatic N) is 2. The molecule has 0 radical (unpaired) electrons. The molecule has 2 aromatic rings. The van der Waals surface area contributed by atoms with Gasteiger partial charge < -0.3 is 4.74 Å². The van der Waals surface area contributed by atoms with E-state index in [1.54, 1.807) is 11.0 Å². The molecule has 1 amide bonds. The van der Waals surface area contributed by atoms with Gasteiger partial charge in [0.25, 0.3) is 0 Å². The zero-order valence-electron chi connectivity index (χ0n) is 10.6. The van der Waals surface area contributed by atoms with Crippen LogP contribution < -0.4 is 4.90 Å². The molecule has 1 aromatic heterocycles. The molecule has 2 heterocycles. The van der Waals surface area contributed by atoms with E-state index in [-0.39, 0.29) is 18.3 Å². The molecule has 0 saturated carbocycles. The summed E-state index contributed by atoms with van der Waals surface area (Å²) in [6.45, 7) is 0.319. The molecule has 1 aromatic carbocycles. The number of anilines is 1. The highest BCUT2D eigenvalue weighted by atomic mass is 35.5. The summed E-state index contributed by atoms with van der Waals surface area (Å²) in [6, 6.07) is 5.39. The molecule has 20 heavy (non-hydrogen) atoms. The predicted octanol–water partition coefficient (Wildman–Crippen LogP) is 2.48. The van der Waals surface area contributed by atoms with Crippen LogP contribution in [0.15, 0.2) is 18.2 Å². The number of benzene rings is 1. The Kier molecular flexibility index (Phi) is 3.35. The van der Waals surface area contributed by atoms with Gasteiger partial charge in [0.15, 0.2) is 5.13 Å². The first-order valence-electron chi connectivity index (χ1n) is 6.03. The van der Waals surface area contributed by atoms with Crippen molar-refractivity contribution in [2.45, 2.75) is 6.42 Å². The molecule has 7 heteroatoms. The van der Waals surface area contributed by atoms with E-state index < -0.39 is 5.92 Å². The number of thiazole rings is 1. The van der Waals surface area contributed by atoms with E-state index in [9.17, 15) is 9.59 Å². The van der Waals surface area contributed by atoms with E-state index in [1.165, 1.54) is 18.4 Å². The van der Waals surface area contributed by atoms with Crippen molar-refractivity contribution in [3.05, 3.63) is 23.2 Å². The molecular weight excluding hydrogens is 300 g/mol. The maximum atomic E-state index is 12.0. The summed E-state index contributed by atoms with van der Waals surface area (Å²) in [4.78, 5) is 29.5. The van der Waals surface area contributed by atoms with Crippen LogP contribution in [0, 0.1) is 5.92 Å².